The highest BCUT2D eigenvalue weighted by molar-refractivity contribution is 6.14. The Morgan fingerprint density at radius 3 is 1.94 bits per heavy atom. The Balaban J connectivity index is 2.63. The predicted octanol–water partition coefficient (Wildman–Crippen LogP) is 3.83. The van der Waals surface area contributed by atoms with Crippen molar-refractivity contribution >= 4 is 23.3 Å². The minimum absolute atomic E-state index is 0.0493. The first kappa shape index (κ1) is 25.5. The van der Waals surface area contributed by atoms with Crippen LogP contribution in [0.1, 0.15) is 13.8 Å². The SMILES string of the molecule is CCOC(=O)C(=CN(c1ccc(OC)cc1)c1ccc(OCOC)c(OC)c1)C(=O)OCC. The van der Waals surface area contributed by atoms with Crippen molar-refractivity contribution in [3.63, 3.8) is 0 Å². The summed E-state index contributed by atoms with van der Waals surface area (Å²) in [7, 11) is 4.59. The molecule has 2 aromatic carbocycles. The first-order chi connectivity index (χ1) is 16.0. The number of esters is 2. The molecule has 9 heteroatoms. The molecule has 0 fully saturated rings. The standard InChI is InChI=1S/C24H29NO8/c1-6-31-23(26)20(24(27)32-7-2)15-25(17-8-11-19(29-4)12-9-17)18-10-13-21(33-16-28-3)22(14-18)30-5/h8-15H,6-7,16H2,1-5H3. The zero-order valence-electron chi connectivity index (χ0n) is 19.5. The molecule has 0 aliphatic rings. The molecule has 2 aromatic rings. The van der Waals surface area contributed by atoms with Gasteiger partial charge in [-0.1, -0.05) is 0 Å². The van der Waals surface area contributed by atoms with Crippen LogP contribution in [0.15, 0.2) is 54.2 Å². The Morgan fingerprint density at radius 1 is 0.818 bits per heavy atom. The van der Waals surface area contributed by atoms with E-state index in [4.69, 9.17) is 28.4 Å². The van der Waals surface area contributed by atoms with Gasteiger partial charge in [-0.05, 0) is 50.2 Å². The number of carbonyl (C=O) groups is 2. The molecule has 9 nitrogen and oxygen atoms in total. The number of benzene rings is 2. The Labute approximate surface area is 193 Å². The largest absolute Gasteiger partial charge is 0.497 e. The van der Waals surface area contributed by atoms with Crippen LogP contribution in [0, 0.1) is 0 Å². The van der Waals surface area contributed by atoms with E-state index < -0.39 is 11.9 Å². The topological polar surface area (TPSA) is 92.8 Å². The molecule has 0 aliphatic heterocycles. The van der Waals surface area contributed by atoms with Gasteiger partial charge in [0.1, 0.15) is 5.75 Å². The maximum Gasteiger partial charge on any atom is 0.347 e. The minimum atomic E-state index is -0.790. The first-order valence-corrected chi connectivity index (χ1v) is 10.3. The number of ether oxygens (including phenoxy) is 6. The molecular weight excluding hydrogens is 430 g/mol. The molecule has 2 rings (SSSR count). The second-order valence-electron chi connectivity index (χ2n) is 6.44. The molecular formula is C24H29NO8. The lowest BCUT2D eigenvalue weighted by molar-refractivity contribution is -0.146. The second kappa shape index (κ2) is 13.0. The van der Waals surface area contributed by atoms with Gasteiger partial charge in [-0.3, -0.25) is 0 Å². The highest BCUT2D eigenvalue weighted by Crippen LogP contribution is 2.36. The summed E-state index contributed by atoms with van der Waals surface area (Å²) in [6.45, 7) is 3.58. The van der Waals surface area contributed by atoms with Gasteiger partial charge in [0.2, 0.25) is 0 Å². The van der Waals surface area contributed by atoms with Crippen LogP contribution in [0.5, 0.6) is 17.2 Å². The van der Waals surface area contributed by atoms with Crippen molar-refractivity contribution in [3.8, 4) is 17.2 Å². The summed E-state index contributed by atoms with van der Waals surface area (Å²) in [5.41, 5.74) is 0.982. The fourth-order valence-corrected chi connectivity index (χ4v) is 2.82. The van der Waals surface area contributed by atoms with Gasteiger partial charge in [-0.25, -0.2) is 9.59 Å². The van der Waals surface area contributed by atoms with E-state index in [9.17, 15) is 9.59 Å². The maximum absolute atomic E-state index is 12.6. The van der Waals surface area contributed by atoms with Crippen molar-refractivity contribution in [2.24, 2.45) is 0 Å². The molecule has 0 radical (unpaired) electrons. The van der Waals surface area contributed by atoms with Gasteiger partial charge in [0, 0.05) is 30.8 Å². The number of anilines is 2. The van der Waals surface area contributed by atoms with E-state index in [1.165, 1.54) is 20.4 Å². The summed E-state index contributed by atoms with van der Waals surface area (Å²) in [5.74, 6) is -0.0226. The zero-order chi connectivity index (χ0) is 24.2. The number of hydrogen-bond acceptors (Lipinski definition) is 9. The first-order valence-electron chi connectivity index (χ1n) is 10.3. The summed E-state index contributed by atoms with van der Waals surface area (Å²) >= 11 is 0. The lowest BCUT2D eigenvalue weighted by atomic mass is 10.2. The Bertz CT molecular complexity index is 935. The van der Waals surface area contributed by atoms with Crippen molar-refractivity contribution in [2.75, 3.05) is 46.2 Å². The average molecular weight is 459 g/mol. The third kappa shape index (κ3) is 6.88. The normalized spacial score (nSPS) is 10.1. The van der Waals surface area contributed by atoms with Gasteiger partial charge in [-0.2, -0.15) is 0 Å². The quantitative estimate of drug-likeness (QED) is 0.154. The fourth-order valence-electron chi connectivity index (χ4n) is 2.82. The molecule has 0 aliphatic carbocycles. The third-order valence-electron chi connectivity index (χ3n) is 4.36. The van der Waals surface area contributed by atoms with E-state index in [0.717, 1.165) is 0 Å². The van der Waals surface area contributed by atoms with E-state index in [1.807, 2.05) is 0 Å². The number of carbonyl (C=O) groups excluding carboxylic acids is 2. The van der Waals surface area contributed by atoms with Crippen LogP contribution in [0.2, 0.25) is 0 Å². The molecule has 0 heterocycles. The van der Waals surface area contributed by atoms with Crippen molar-refractivity contribution in [2.45, 2.75) is 13.8 Å². The lowest BCUT2D eigenvalue weighted by Gasteiger charge is -2.23. The molecule has 0 aromatic heterocycles. The number of hydrogen-bond donors (Lipinski definition) is 0. The van der Waals surface area contributed by atoms with Crippen molar-refractivity contribution in [3.05, 3.63) is 54.2 Å². The zero-order valence-corrected chi connectivity index (χ0v) is 19.5. The van der Waals surface area contributed by atoms with Crippen LogP contribution in [-0.4, -0.2) is 53.3 Å². The molecule has 0 unspecified atom stereocenters. The van der Waals surface area contributed by atoms with Crippen molar-refractivity contribution in [1.29, 1.82) is 0 Å². The summed E-state index contributed by atoms with van der Waals surface area (Å²) < 4.78 is 31.3. The van der Waals surface area contributed by atoms with Gasteiger partial charge in [-0.15, -0.1) is 0 Å². The van der Waals surface area contributed by atoms with Gasteiger partial charge in [0.05, 0.1) is 27.4 Å². The van der Waals surface area contributed by atoms with Crippen molar-refractivity contribution in [1.82, 2.24) is 0 Å². The van der Waals surface area contributed by atoms with Gasteiger partial charge in [0.25, 0.3) is 0 Å². The highest BCUT2D eigenvalue weighted by Gasteiger charge is 2.24. The van der Waals surface area contributed by atoms with Crippen LogP contribution >= 0.6 is 0 Å². The van der Waals surface area contributed by atoms with E-state index in [-0.39, 0.29) is 25.6 Å². The van der Waals surface area contributed by atoms with Crippen LogP contribution < -0.4 is 19.1 Å². The Morgan fingerprint density at radius 2 is 1.42 bits per heavy atom. The van der Waals surface area contributed by atoms with Gasteiger partial charge in [0.15, 0.2) is 23.9 Å². The van der Waals surface area contributed by atoms with Crippen LogP contribution in [0.3, 0.4) is 0 Å². The third-order valence-corrected chi connectivity index (χ3v) is 4.36. The minimum Gasteiger partial charge on any atom is -0.497 e. The summed E-state index contributed by atoms with van der Waals surface area (Å²) in [6.07, 6.45) is 1.38. The number of rotatable bonds is 12. The number of methoxy groups -OCH3 is 3. The maximum atomic E-state index is 12.6. The summed E-state index contributed by atoms with van der Waals surface area (Å²) in [6, 6.07) is 12.2. The van der Waals surface area contributed by atoms with Crippen LogP contribution in [-0.2, 0) is 23.8 Å². The smallest absolute Gasteiger partial charge is 0.347 e. The molecule has 178 valence electrons. The van der Waals surface area contributed by atoms with Gasteiger partial charge >= 0.3 is 11.9 Å². The van der Waals surface area contributed by atoms with Gasteiger partial charge < -0.3 is 33.3 Å². The van der Waals surface area contributed by atoms with E-state index >= 15 is 0 Å². The Hall–Kier alpha value is -3.72. The monoisotopic (exact) mass is 459 g/mol. The molecule has 33 heavy (non-hydrogen) atoms. The second-order valence-corrected chi connectivity index (χ2v) is 6.44. The molecule has 0 spiro atoms. The number of nitrogens with zero attached hydrogens (tertiary/aromatic N) is 1. The predicted molar refractivity (Wildman–Crippen MR) is 122 cm³/mol. The van der Waals surface area contributed by atoms with E-state index in [0.29, 0.717) is 28.6 Å². The van der Waals surface area contributed by atoms with E-state index in [1.54, 1.807) is 68.3 Å². The highest BCUT2D eigenvalue weighted by atomic mass is 16.7. The lowest BCUT2D eigenvalue weighted by Crippen LogP contribution is -2.22. The Kier molecular flexibility index (Phi) is 10.0. The van der Waals surface area contributed by atoms with Crippen molar-refractivity contribution < 1.29 is 38.0 Å². The molecule has 0 saturated carbocycles. The van der Waals surface area contributed by atoms with E-state index in [2.05, 4.69) is 0 Å². The molecule has 0 atom stereocenters. The fraction of sp³-hybridized carbons (Fsp3) is 0.333. The molecule has 0 amide bonds. The summed E-state index contributed by atoms with van der Waals surface area (Å²) in [4.78, 5) is 26.8. The molecule has 0 saturated heterocycles. The molecule has 0 bridgehead atoms. The van der Waals surface area contributed by atoms with Crippen LogP contribution in [0.4, 0.5) is 11.4 Å². The van der Waals surface area contributed by atoms with Crippen LogP contribution in [0.25, 0.3) is 0 Å². The summed E-state index contributed by atoms with van der Waals surface area (Å²) in [5, 5.41) is 0. The molecule has 0 N–H and O–H groups in total. The average Bonchev–Trinajstić information content (AvgIpc) is 2.83.